The Hall–Kier alpha value is -1.93. The van der Waals surface area contributed by atoms with Crippen LogP contribution in [0.3, 0.4) is 0 Å². The maximum Gasteiger partial charge on any atom is 0.191 e. The summed E-state index contributed by atoms with van der Waals surface area (Å²) in [5.74, 6) is 1.81. The fourth-order valence-corrected chi connectivity index (χ4v) is 2.98. The number of ether oxygens (including phenoxy) is 1. The summed E-state index contributed by atoms with van der Waals surface area (Å²) >= 11 is 0. The van der Waals surface area contributed by atoms with Gasteiger partial charge in [0.2, 0.25) is 0 Å². The molecule has 1 aromatic rings. The van der Waals surface area contributed by atoms with Gasteiger partial charge in [-0.1, -0.05) is 19.1 Å². The van der Waals surface area contributed by atoms with Gasteiger partial charge in [-0.05, 0) is 20.8 Å². The van der Waals surface area contributed by atoms with Crippen LogP contribution < -0.4 is 10.6 Å². The lowest BCUT2D eigenvalue weighted by Crippen LogP contribution is -2.52. The normalized spacial score (nSPS) is 16.4. The molecule has 1 fully saturated rings. The molecule has 8 heteroatoms. The predicted molar refractivity (Wildman–Crippen MR) is 109 cm³/mol. The van der Waals surface area contributed by atoms with E-state index in [1.165, 1.54) is 0 Å². The van der Waals surface area contributed by atoms with Gasteiger partial charge in [0.05, 0.1) is 19.8 Å². The molecule has 0 radical (unpaired) electrons. The van der Waals surface area contributed by atoms with Crippen LogP contribution in [-0.4, -0.2) is 77.1 Å². The van der Waals surface area contributed by atoms with Gasteiger partial charge < -0.3 is 19.9 Å². The van der Waals surface area contributed by atoms with Crippen LogP contribution in [0.2, 0.25) is 0 Å². The highest BCUT2D eigenvalue weighted by Crippen LogP contribution is 2.16. The van der Waals surface area contributed by atoms with Crippen LogP contribution in [0.5, 0.6) is 0 Å². The van der Waals surface area contributed by atoms with E-state index >= 15 is 0 Å². The van der Waals surface area contributed by atoms with Crippen molar-refractivity contribution in [1.29, 1.82) is 0 Å². The summed E-state index contributed by atoms with van der Waals surface area (Å²) in [5.41, 5.74) is 1.06. The lowest BCUT2D eigenvalue weighted by molar-refractivity contribution is -0.00683. The zero-order valence-electron chi connectivity index (χ0n) is 17.3. The summed E-state index contributed by atoms with van der Waals surface area (Å²) in [6.45, 7) is 19.0. The van der Waals surface area contributed by atoms with Crippen LogP contribution in [0.1, 0.15) is 33.5 Å². The Morgan fingerprint density at radius 2 is 2.07 bits per heavy atom. The largest absolute Gasteiger partial charge is 0.379 e. The zero-order chi connectivity index (χ0) is 19.7. The van der Waals surface area contributed by atoms with Gasteiger partial charge in [-0.2, -0.15) is 0 Å². The Kier molecular flexibility index (Phi) is 8.24. The van der Waals surface area contributed by atoms with E-state index in [4.69, 9.17) is 9.73 Å². The molecule has 1 saturated heterocycles. The smallest absolute Gasteiger partial charge is 0.191 e. The first-order valence-corrected chi connectivity index (χ1v) is 9.78. The SMILES string of the molecule is C=C(C)CNC(=NCC(C)(C)N1CCOCC1)NCCn1cnnc1CC. The molecule has 2 rings (SSSR count). The van der Waals surface area contributed by atoms with Gasteiger partial charge in [-0.3, -0.25) is 9.89 Å². The Morgan fingerprint density at radius 3 is 2.74 bits per heavy atom. The minimum Gasteiger partial charge on any atom is -0.379 e. The van der Waals surface area contributed by atoms with Crippen LogP contribution in [-0.2, 0) is 17.7 Å². The molecule has 1 aliphatic heterocycles. The topological polar surface area (TPSA) is 79.6 Å². The number of guanidine groups is 1. The van der Waals surface area contributed by atoms with Crippen molar-refractivity contribution in [3.8, 4) is 0 Å². The minimum atomic E-state index is -0.00867. The Bertz CT molecular complexity index is 617. The molecular weight excluding hydrogens is 342 g/mol. The highest BCUT2D eigenvalue weighted by Gasteiger charge is 2.28. The highest BCUT2D eigenvalue weighted by atomic mass is 16.5. The van der Waals surface area contributed by atoms with E-state index in [0.29, 0.717) is 13.1 Å². The first kappa shape index (κ1) is 21.4. The average molecular weight is 378 g/mol. The molecule has 0 bridgehead atoms. The average Bonchev–Trinajstić information content (AvgIpc) is 3.11. The molecule has 1 aliphatic rings. The van der Waals surface area contributed by atoms with Crippen molar-refractivity contribution in [2.75, 3.05) is 45.9 Å². The molecule has 2 heterocycles. The molecule has 8 nitrogen and oxygen atoms in total. The predicted octanol–water partition coefficient (Wildman–Crippen LogP) is 1.06. The highest BCUT2D eigenvalue weighted by molar-refractivity contribution is 5.80. The van der Waals surface area contributed by atoms with Crippen LogP contribution >= 0.6 is 0 Å². The monoisotopic (exact) mass is 377 g/mol. The van der Waals surface area contributed by atoms with E-state index in [0.717, 1.165) is 63.2 Å². The molecule has 0 atom stereocenters. The quantitative estimate of drug-likeness (QED) is 0.381. The number of aryl methyl sites for hydroxylation is 1. The summed E-state index contributed by atoms with van der Waals surface area (Å²) in [4.78, 5) is 7.28. The van der Waals surface area contributed by atoms with E-state index in [-0.39, 0.29) is 5.54 Å². The van der Waals surface area contributed by atoms with Crippen LogP contribution in [0, 0.1) is 0 Å². The second-order valence-electron chi connectivity index (χ2n) is 7.61. The third kappa shape index (κ3) is 6.95. The van der Waals surface area contributed by atoms with Crippen molar-refractivity contribution in [2.24, 2.45) is 4.99 Å². The first-order valence-electron chi connectivity index (χ1n) is 9.78. The Balaban J connectivity index is 1.93. The number of nitrogens with zero attached hydrogens (tertiary/aromatic N) is 5. The van der Waals surface area contributed by atoms with Crippen molar-refractivity contribution in [1.82, 2.24) is 30.3 Å². The first-order chi connectivity index (χ1) is 12.9. The van der Waals surface area contributed by atoms with Gasteiger partial charge in [0.15, 0.2) is 5.96 Å². The molecular formula is C19H35N7O. The summed E-state index contributed by atoms with van der Waals surface area (Å²) in [6.07, 6.45) is 2.66. The summed E-state index contributed by atoms with van der Waals surface area (Å²) in [6, 6.07) is 0. The standard InChI is InChI=1S/C19H35N7O/c1-6-17-24-23-15-25(17)8-7-20-18(21-13-16(2)3)22-14-19(4,5)26-9-11-27-12-10-26/h15H,2,6-14H2,1,3-5H3,(H2,20,21,22). The van der Waals surface area contributed by atoms with Gasteiger partial charge in [0.1, 0.15) is 12.2 Å². The number of nitrogens with one attached hydrogen (secondary N) is 2. The van der Waals surface area contributed by atoms with Crippen molar-refractivity contribution in [3.05, 3.63) is 24.3 Å². The number of rotatable bonds is 9. The van der Waals surface area contributed by atoms with E-state index < -0.39 is 0 Å². The molecule has 0 amide bonds. The molecule has 0 aromatic carbocycles. The molecule has 0 spiro atoms. The van der Waals surface area contributed by atoms with Crippen molar-refractivity contribution < 1.29 is 4.74 Å². The number of aromatic nitrogens is 3. The van der Waals surface area contributed by atoms with Crippen LogP contribution in [0.15, 0.2) is 23.5 Å². The maximum absolute atomic E-state index is 5.47. The van der Waals surface area contributed by atoms with Gasteiger partial charge in [0.25, 0.3) is 0 Å². The van der Waals surface area contributed by atoms with Gasteiger partial charge in [-0.25, -0.2) is 0 Å². The lowest BCUT2D eigenvalue weighted by atomic mass is 10.0. The van der Waals surface area contributed by atoms with E-state index in [2.05, 4.69) is 57.6 Å². The third-order valence-electron chi connectivity index (χ3n) is 4.71. The lowest BCUT2D eigenvalue weighted by Gasteiger charge is -2.39. The number of hydrogen-bond acceptors (Lipinski definition) is 5. The molecule has 2 N–H and O–H groups in total. The fraction of sp³-hybridized carbons (Fsp3) is 0.737. The Morgan fingerprint density at radius 1 is 1.33 bits per heavy atom. The maximum atomic E-state index is 5.47. The van der Waals surface area contributed by atoms with Crippen molar-refractivity contribution >= 4 is 5.96 Å². The molecule has 0 saturated carbocycles. The molecule has 152 valence electrons. The fourth-order valence-electron chi connectivity index (χ4n) is 2.98. The van der Waals surface area contributed by atoms with Crippen molar-refractivity contribution in [2.45, 2.75) is 46.2 Å². The van der Waals surface area contributed by atoms with Gasteiger partial charge in [-0.15, -0.1) is 10.2 Å². The number of hydrogen-bond donors (Lipinski definition) is 2. The van der Waals surface area contributed by atoms with E-state index in [1.807, 2.05) is 6.92 Å². The number of aliphatic imine (C=N–C) groups is 1. The second-order valence-corrected chi connectivity index (χ2v) is 7.61. The second kappa shape index (κ2) is 10.4. The molecule has 1 aromatic heterocycles. The molecule has 0 unspecified atom stereocenters. The molecule has 27 heavy (non-hydrogen) atoms. The third-order valence-corrected chi connectivity index (χ3v) is 4.71. The van der Waals surface area contributed by atoms with Crippen LogP contribution in [0.25, 0.3) is 0 Å². The number of morpholine rings is 1. The minimum absolute atomic E-state index is 0.00867. The van der Waals surface area contributed by atoms with Crippen molar-refractivity contribution in [3.63, 3.8) is 0 Å². The van der Waals surface area contributed by atoms with Crippen LogP contribution in [0.4, 0.5) is 0 Å². The summed E-state index contributed by atoms with van der Waals surface area (Å²) < 4.78 is 7.54. The van der Waals surface area contributed by atoms with Gasteiger partial charge >= 0.3 is 0 Å². The summed E-state index contributed by atoms with van der Waals surface area (Å²) in [5, 5.41) is 14.9. The Labute approximate surface area is 163 Å². The molecule has 0 aliphatic carbocycles. The zero-order valence-corrected chi connectivity index (χ0v) is 17.3. The van der Waals surface area contributed by atoms with E-state index in [1.54, 1.807) is 6.33 Å². The summed E-state index contributed by atoms with van der Waals surface area (Å²) in [7, 11) is 0. The van der Waals surface area contributed by atoms with Gasteiger partial charge in [0, 0.05) is 44.7 Å². The van der Waals surface area contributed by atoms with E-state index in [9.17, 15) is 0 Å².